The van der Waals surface area contributed by atoms with E-state index in [1.807, 2.05) is 23.6 Å². The summed E-state index contributed by atoms with van der Waals surface area (Å²) in [5.41, 5.74) is 0.959. The van der Waals surface area contributed by atoms with Crippen LogP contribution in [0.15, 0.2) is 24.3 Å². The van der Waals surface area contributed by atoms with Crippen LogP contribution < -0.4 is 4.90 Å². The minimum Gasteiger partial charge on any atom is -0.383 e. The van der Waals surface area contributed by atoms with Crippen LogP contribution in [-0.2, 0) is 16.0 Å². The highest BCUT2D eigenvalue weighted by Gasteiger charge is 2.16. The van der Waals surface area contributed by atoms with Crippen molar-refractivity contribution in [1.82, 2.24) is 14.3 Å². The Morgan fingerprint density at radius 2 is 1.89 bits per heavy atom. The van der Waals surface area contributed by atoms with E-state index in [0.717, 1.165) is 10.7 Å². The SMILES string of the molecule is CCN(CC)C(=O)CCN(CCOC)c1nc(Cc2ccc(F)cc2)ns1. The van der Waals surface area contributed by atoms with Crippen LogP contribution in [0, 0.1) is 5.82 Å². The van der Waals surface area contributed by atoms with Crippen molar-refractivity contribution < 1.29 is 13.9 Å². The second-order valence-corrected chi connectivity index (χ2v) is 6.82. The molecular weight excluding hydrogens is 367 g/mol. The van der Waals surface area contributed by atoms with Crippen molar-refractivity contribution in [2.45, 2.75) is 26.7 Å². The van der Waals surface area contributed by atoms with E-state index in [9.17, 15) is 9.18 Å². The number of rotatable bonds is 11. The molecule has 0 radical (unpaired) electrons. The van der Waals surface area contributed by atoms with E-state index in [2.05, 4.69) is 9.36 Å². The van der Waals surface area contributed by atoms with Gasteiger partial charge in [0.1, 0.15) is 11.6 Å². The van der Waals surface area contributed by atoms with Crippen LogP contribution in [-0.4, -0.2) is 60.1 Å². The van der Waals surface area contributed by atoms with E-state index >= 15 is 0 Å². The van der Waals surface area contributed by atoms with Gasteiger partial charge < -0.3 is 14.5 Å². The van der Waals surface area contributed by atoms with Gasteiger partial charge in [-0.15, -0.1) is 0 Å². The number of hydrogen-bond acceptors (Lipinski definition) is 6. The van der Waals surface area contributed by atoms with Crippen molar-refractivity contribution in [3.63, 3.8) is 0 Å². The zero-order valence-electron chi connectivity index (χ0n) is 16.2. The molecule has 6 nitrogen and oxygen atoms in total. The first kappa shape index (κ1) is 21.2. The van der Waals surface area contributed by atoms with Crippen LogP contribution in [0.1, 0.15) is 31.7 Å². The second-order valence-electron chi connectivity index (χ2n) is 6.09. The lowest BCUT2D eigenvalue weighted by atomic mass is 10.1. The summed E-state index contributed by atoms with van der Waals surface area (Å²) in [5.74, 6) is 0.576. The summed E-state index contributed by atoms with van der Waals surface area (Å²) in [6.07, 6.45) is 0.978. The molecule has 0 saturated carbocycles. The van der Waals surface area contributed by atoms with Gasteiger partial charge in [-0.25, -0.2) is 9.37 Å². The normalized spacial score (nSPS) is 10.8. The molecule has 8 heteroatoms. The van der Waals surface area contributed by atoms with Gasteiger partial charge in [0, 0.05) is 57.7 Å². The van der Waals surface area contributed by atoms with Crippen LogP contribution in [0.25, 0.3) is 0 Å². The third kappa shape index (κ3) is 6.55. The number of ether oxygens (including phenoxy) is 1. The fraction of sp³-hybridized carbons (Fsp3) is 0.526. The minimum atomic E-state index is -0.255. The topological polar surface area (TPSA) is 58.6 Å². The second kappa shape index (κ2) is 10.9. The van der Waals surface area contributed by atoms with Crippen molar-refractivity contribution in [1.29, 1.82) is 0 Å². The zero-order chi connectivity index (χ0) is 19.6. The van der Waals surface area contributed by atoms with E-state index in [0.29, 0.717) is 51.5 Å². The van der Waals surface area contributed by atoms with E-state index in [1.54, 1.807) is 19.2 Å². The average Bonchev–Trinajstić information content (AvgIpc) is 3.13. The smallest absolute Gasteiger partial charge is 0.224 e. The Hall–Kier alpha value is -2.06. The number of methoxy groups -OCH3 is 1. The molecule has 2 aromatic rings. The minimum absolute atomic E-state index is 0.137. The Balaban J connectivity index is 2.02. The molecule has 0 atom stereocenters. The highest BCUT2D eigenvalue weighted by atomic mass is 32.1. The lowest BCUT2D eigenvalue weighted by Gasteiger charge is -2.23. The summed E-state index contributed by atoms with van der Waals surface area (Å²) in [6.45, 7) is 7.17. The molecule has 0 aliphatic heterocycles. The molecule has 1 heterocycles. The number of benzene rings is 1. The number of hydrogen-bond donors (Lipinski definition) is 0. The van der Waals surface area contributed by atoms with E-state index in [-0.39, 0.29) is 11.7 Å². The molecule has 27 heavy (non-hydrogen) atoms. The Morgan fingerprint density at radius 1 is 1.19 bits per heavy atom. The molecule has 0 spiro atoms. The lowest BCUT2D eigenvalue weighted by molar-refractivity contribution is -0.130. The maximum absolute atomic E-state index is 13.0. The van der Waals surface area contributed by atoms with E-state index in [1.165, 1.54) is 23.7 Å². The first-order valence-electron chi connectivity index (χ1n) is 9.16. The average molecular weight is 395 g/mol. The summed E-state index contributed by atoms with van der Waals surface area (Å²) >= 11 is 1.31. The van der Waals surface area contributed by atoms with Crippen molar-refractivity contribution in [3.05, 3.63) is 41.5 Å². The molecule has 0 bridgehead atoms. The maximum Gasteiger partial charge on any atom is 0.224 e. The van der Waals surface area contributed by atoms with Crippen molar-refractivity contribution in [3.8, 4) is 0 Å². The maximum atomic E-state index is 13.0. The molecule has 0 fully saturated rings. The number of halogens is 1. The molecule has 1 aromatic carbocycles. The van der Waals surface area contributed by atoms with Crippen LogP contribution in [0.3, 0.4) is 0 Å². The number of nitrogens with zero attached hydrogens (tertiary/aromatic N) is 4. The fourth-order valence-electron chi connectivity index (χ4n) is 2.70. The molecule has 0 N–H and O–H groups in total. The summed E-state index contributed by atoms with van der Waals surface area (Å²) in [5, 5.41) is 0.775. The third-order valence-corrected chi connectivity index (χ3v) is 5.10. The highest BCUT2D eigenvalue weighted by molar-refractivity contribution is 7.09. The Labute approximate surface area is 164 Å². The summed E-state index contributed by atoms with van der Waals surface area (Å²) in [4.78, 5) is 20.8. The lowest BCUT2D eigenvalue weighted by Crippen LogP contribution is -2.35. The van der Waals surface area contributed by atoms with Crippen LogP contribution in [0.4, 0.5) is 9.52 Å². The van der Waals surface area contributed by atoms with Gasteiger partial charge in [0.2, 0.25) is 11.0 Å². The van der Waals surface area contributed by atoms with Gasteiger partial charge in [-0.3, -0.25) is 4.79 Å². The molecule has 1 amide bonds. The Morgan fingerprint density at radius 3 is 2.52 bits per heavy atom. The van der Waals surface area contributed by atoms with Gasteiger partial charge in [-0.2, -0.15) is 4.37 Å². The third-order valence-electron chi connectivity index (χ3n) is 4.28. The number of amides is 1. The number of carbonyl (C=O) groups excluding carboxylic acids is 1. The van der Waals surface area contributed by atoms with Gasteiger partial charge in [0.05, 0.1) is 6.61 Å². The first-order valence-corrected chi connectivity index (χ1v) is 9.93. The quantitative estimate of drug-likeness (QED) is 0.586. The standard InChI is InChI=1S/C19H27FN4O2S/c1-4-23(5-2)18(25)10-11-24(12-13-26-3)19-21-17(22-27-19)14-15-6-8-16(20)9-7-15/h6-9H,4-5,10-14H2,1-3H3. The molecule has 0 aliphatic rings. The van der Waals surface area contributed by atoms with Gasteiger partial charge in [0.15, 0.2) is 0 Å². The fourth-order valence-corrected chi connectivity index (χ4v) is 3.44. The summed E-state index contributed by atoms with van der Waals surface area (Å²) in [7, 11) is 1.65. The predicted molar refractivity (Wildman–Crippen MR) is 106 cm³/mol. The van der Waals surface area contributed by atoms with Crippen molar-refractivity contribution >= 4 is 22.6 Å². The first-order chi connectivity index (χ1) is 13.1. The van der Waals surface area contributed by atoms with Gasteiger partial charge >= 0.3 is 0 Å². The number of anilines is 1. The number of carbonyl (C=O) groups is 1. The number of aromatic nitrogens is 2. The van der Waals surface area contributed by atoms with Crippen LogP contribution >= 0.6 is 11.5 Å². The van der Waals surface area contributed by atoms with Gasteiger partial charge in [0.25, 0.3) is 0 Å². The molecule has 1 aromatic heterocycles. The van der Waals surface area contributed by atoms with Crippen LogP contribution in [0.5, 0.6) is 0 Å². The van der Waals surface area contributed by atoms with Gasteiger partial charge in [-0.1, -0.05) is 12.1 Å². The molecule has 2 rings (SSSR count). The zero-order valence-corrected chi connectivity index (χ0v) is 17.0. The van der Waals surface area contributed by atoms with E-state index < -0.39 is 0 Å². The molecule has 148 valence electrons. The molecule has 0 saturated heterocycles. The van der Waals surface area contributed by atoms with Crippen molar-refractivity contribution in [2.24, 2.45) is 0 Å². The van der Waals surface area contributed by atoms with Crippen LogP contribution in [0.2, 0.25) is 0 Å². The molecule has 0 unspecified atom stereocenters. The van der Waals surface area contributed by atoms with E-state index in [4.69, 9.17) is 4.74 Å². The molecular formula is C19H27FN4O2S. The van der Waals surface area contributed by atoms with Gasteiger partial charge in [-0.05, 0) is 31.5 Å². The molecule has 0 aliphatic carbocycles. The largest absolute Gasteiger partial charge is 0.383 e. The Bertz CT molecular complexity index is 704. The monoisotopic (exact) mass is 394 g/mol. The Kier molecular flexibility index (Phi) is 8.60. The predicted octanol–water partition coefficient (Wildman–Crippen LogP) is 2.98. The summed E-state index contributed by atoms with van der Waals surface area (Å²) < 4.78 is 22.6. The van der Waals surface area contributed by atoms with Crippen molar-refractivity contribution in [2.75, 3.05) is 44.8 Å². The summed E-state index contributed by atoms with van der Waals surface area (Å²) in [6, 6.07) is 6.35. The highest BCUT2D eigenvalue weighted by Crippen LogP contribution is 2.19.